The topological polar surface area (TPSA) is 15.3 Å². The summed E-state index contributed by atoms with van der Waals surface area (Å²) in [6.07, 6.45) is 4.52. The average Bonchev–Trinajstić information content (AvgIpc) is 2.45. The van der Waals surface area contributed by atoms with E-state index in [4.69, 9.17) is 0 Å². The van der Waals surface area contributed by atoms with Crippen LogP contribution in [0.5, 0.6) is 0 Å². The van der Waals surface area contributed by atoms with Crippen LogP contribution in [0.15, 0.2) is 18.2 Å². The Morgan fingerprint density at radius 2 is 2.00 bits per heavy atom. The Hall–Kier alpha value is -1.00. The van der Waals surface area contributed by atoms with Crippen LogP contribution >= 0.6 is 0 Å². The molecule has 0 spiro atoms. The van der Waals surface area contributed by atoms with Gasteiger partial charge in [-0.05, 0) is 44.5 Å². The van der Waals surface area contributed by atoms with E-state index in [-0.39, 0.29) is 5.56 Å². The quantitative estimate of drug-likeness (QED) is 0.805. The second kappa shape index (κ2) is 7.70. The summed E-state index contributed by atoms with van der Waals surface area (Å²) in [5.41, 5.74) is 0.204. The fourth-order valence-corrected chi connectivity index (χ4v) is 2.83. The number of nitrogens with one attached hydrogen (secondary N) is 1. The third-order valence-electron chi connectivity index (χ3n) is 3.98. The fourth-order valence-electron chi connectivity index (χ4n) is 2.83. The van der Waals surface area contributed by atoms with Crippen molar-refractivity contribution in [1.82, 2.24) is 10.2 Å². The lowest BCUT2D eigenvalue weighted by Crippen LogP contribution is -2.45. The Balaban J connectivity index is 2.01. The van der Waals surface area contributed by atoms with Crippen molar-refractivity contribution in [2.75, 3.05) is 19.6 Å². The van der Waals surface area contributed by atoms with Crippen LogP contribution in [0.2, 0.25) is 0 Å². The van der Waals surface area contributed by atoms with Crippen LogP contribution in [-0.2, 0) is 6.54 Å². The SMILES string of the molecule is CCCNCC1CCCCN1Cc1c(F)cccc1F. The molecule has 0 aliphatic carbocycles. The van der Waals surface area contributed by atoms with E-state index in [0.29, 0.717) is 12.6 Å². The fraction of sp³-hybridized carbons (Fsp3) is 0.625. The maximum Gasteiger partial charge on any atom is 0.130 e. The number of likely N-dealkylation sites (tertiary alicyclic amines) is 1. The molecule has 2 nitrogen and oxygen atoms in total. The van der Waals surface area contributed by atoms with Crippen molar-refractivity contribution in [3.05, 3.63) is 35.4 Å². The molecule has 1 atom stereocenters. The first-order chi connectivity index (χ1) is 9.72. The summed E-state index contributed by atoms with van der Waals surface area (Å²) in [5.74, 6) is -0.869. The van der Waals surface area contributed by atoms with E-state index in [2.05, 4.69) is 17.1 Å². The summed E-state index contributed by atoms with van der Waals surface area (Å²) in [4.78, 5) is 2.22. The van der Waals surface area contributed by atoms with Gasteiger partial charge < -0.3 is 5.32 Å². The van der Waals surface area contributed by atoms with Gasteiger partial charge in [-0.1, -0.05) is 19.4 Å². The van der Waals surface area contributed by atoms with Gasteiger partial charge in [0.15, 0.2) is 0 Å². The summed E-state index contributed by atoms with van der Waals surface area (Å²) >= 11 is 0. The van der Waals surface area contributed by atoms with Gasteiger partial charge in [-0.15, -0.1) is 0 Å². The lowest BCUT2D eigenvalue weighted by molar-refractivity contribution is 0.134. The number of rotatable bonds is 6. The summed E-state index contributed by atoms with van der Waals surface area (Å²) < 4.78 is 27.5. The van der Waals surface area contributed by atoms with E-state index in [1.807, 2.05) is 0 Å². The molecule has 2 rings (SSSR count). The molecule has 1 heterocycles. The van der Waals surface area contributed by atoms with Gasteiger partial charge in [0.1, 0.15) is 11.6 Å². The number of hydrogen-bond acceptors (Lipinski definition) is 2. The number of halogens is 2. The van der Waals surface area contributed by atoms with Crippen molar-refractivity contribution < 1.29 is 8.78 Å². The predicted molar refractivity (Wildman–Crippen MR) is 77.6 cm³/mol. The van der Waals surface area contributed by atoms with Crippen LogP contribution in [0.25, 0.3) is 0 Å². The van der Waals surface area contributed by atoms with E-state index in [1.54, 1.807) is 0 Å². The highest BCUT2D eigenvalue weighted by Gasteiger charge is 2.24. The molecule has 1 N–H and O–H groups in total. The highest BCUT2D eigenvalue weighted by molar-refractivity contribution is 5.19. The molecular formula is C16H24F2N2. The predicted octanol–water partition coefficient (Wildman–Crippen LogP) is 3.32. The van der Waals surface area contributed by atoms with Crippen molar-refractivity contribution in [3.8, 4) is 0 Å². The molecule has 112 valence electrons. The Bertz CT molecular complexity index is 403. The lowest BCUT2D eigenvalue weighted by Gasteiger charge is -2.36. The van der Waals surface area contributed by atoms with Crippen LogP contribution < -0.4 is 5.32 Å². The highest BCUT2D eigenvalue weighted by Crippen LogP contribution is 2.22. The molecule has 1 saturated heterocycles. The molecule has 0 aromatic heterocycles. The van der Waals surface area contributed by atoms with Crippen molar-refractivity contribution >= 4 is 0 Å². The monoisotopic (exact) mass is 282 g/mol. The largest absolute Gasteiger partial charge is 0.315 e. The third-order valence-corrected chi connectivity index (χ3v) is 3.98. The van der Waals surface area contributed by atoms with E-state index < -0.39 is 11.6 Å². The normalized spacial score (nSPS) is 20.2. The minimum absolute atomic E-state index is 0.204. The van der Waals surface area contributed by atoms with Gasteiger partial charge in [0, 0.05) is 24.7 Å². The van der Waals surface area contributed by atoms with Crippen molar-refractivity contribution in [1.29, 1.82) is 0 Å². The molecule has 1 aliphatic rings. The Kier molecular flexibility index (Phi) is 5.92. The first-order valence-electron chi connectivity index (χ1n) is 7.60. The van der Waals surface area contributed by atoms with Crippen LogP contribution in [0.4, 0.5) is 8.78 Å². The summed E-state index contributed by atoms with van der Waals surface area (Å²) in [5, 5.41) is 3.42. The number of nitrogens with zero attached hydrogens (tertiary/aromatic N) is 1. The maximum absolute atomic E-state index is 13.8. The van der Waals surface area contributed by atoms with Crippen LogP contribution in [-0.4, -0.2) is 30.6 Å². The minimum Gasteiger partial charge on any atom is -0.315 e. The van der Waals surface area contributed by atoms with E-state index in [9.17, 15) is 8.78 Å². The Morgan fingerprint density at radius 3 is 2.70 bits per heavy atom. The van der Waals surface area contributed by atoms with E-state index in [0.717, 1.165) is 38.9 Å². The molecule has 4 heteroatoms. The number of benzene rings is 1. The first kappa shape index (κ1) is 15.4. The molecule has 1 aromatic rings. The molecule has 0 radical (unpaired) electrons. The van der Waals surface area contributed by atoms with Gasteiger partial charge in [0.05, 0.1) is 0 Å². The smallest absolute Gasteiger partial charge is 0.130 e. The summed E-state index contributed by atoms with van der Waals surface area (Å²) in [6.45, 7) is 5.34. The zero-order valence-electron chi connectivity index (χ0n) is 12.2. The van der Waals surface area contributed by atoms with E-state index >= 15 is 0 Å². The minimum atomic E-state index is -0.434. The van der Waals surface area contributed by atoms with Crippen LogP contribution in [0, 0.1) is 11.6 Å². The zero-order valence-corrected chi connectivity index (χ0v) is 12.2. The average molecular weight is 282 g/mol. The maximum atomic E-state index is 13.8. The van der Waals surface area contributed by atoms with Crippen molar-refractivity contribution in [2.24, 2.45) is 0 Å². The molecule has 1 unspecified atom stereocenters. The first-order valence-corrected chi connectivity index (χ1v) is 7.60. The third kappa shape index (κ3) is 4.00. The summed E-state index contributed by atoms with van der Waals surface area (Å²) in [7, 11) is 0. The van der Waals surface area contributed by atoms with Gasteiger partial charge in [-0.25, -0.2) is 8.78 Å². The van der Waals surface area contributed by atoms with Gasteiger partial charge in [0.25, 0.3) is 0 Å². The van der Waals surface area contributed by atoms with E-state index in [1.165, 1.54) is 24.6 Å². The molecule has 1 fully saturated rings. The number of piperidine rings is 1. The van der Waals surface area contributed by atoms with Crippen LogP contribution in [0.1, 0.15) is 38.2 Å². The lowest BCUT2D eigenvalue weighted by atomic mass is 10.0. The van der Waals surface area contributed by atoms with Crippen LogP contribution in [0.3, 0.4) is 0 Å². The zero-order chi connectivity index (χ0) is 14.4. The Morgan fingerprint density at radius 1 is 1.25 bits per heavy atom. The van der Waals surface area contributed by atoms with Gasteiger partial charge in [-0.3, -0.25) is 4.90 Å². The molecule has 1 aromatic carbocycles. The van der Waals surface area contributed by atoms with Crippen molar-refractivity contribution in [3.63, 3.8) is 0 Å². The Labute approximate surface area is 120 Å². The molecule has 20 heavy (non-hydrogen) atoms. The van der Waals surface area contributed by atoms with Gasteiger partial charge in [-0.2, -0.15) is 0 Å². The second-order valence-corrected chi connectivity index (χ2v) is 5.52. The molecule has 0 bridgehead atoms. The highest BCUT2D eigenvalue weighted by atomic mass is 19.1. The molecular weight excluding hydrogens is 258 g/mol. The molecule has 0 saturated carbocycles. The summed E-state index contributed by atoms with van der Waals surface area (Å²) in [6, 6.07) is 4.48. The standard InChI is InChI=1S/C16H24F2N2/c1-2-9-19-11-13-6-3-4-10-20(13)12-14-15(17)7-5-8-16(14)18/h5,7-8,13,19H,2-4,6,9-12H2,1H3. The number of hydrogen-bond donors (Lipinski definition) is 1. The van der Waals surface area contributed by atoms with Gasteiger partial charge in [0.2, 0.25) is 0 Å². The second-order valence-electron chi connectivity index (χ2n) is 5.52. The van der Waals surface area contributed by atoms with Crippen molar-refractivity contribution in [2.45, 2.75) is 45.2 Å². The molecule has 0 amide bonds. The molecule has 1 aliphatic heterocycles. The van der Waals surface area contributed by atoms with Gasteiger partial charge >= 0.3 is 0 Å².